The molecule has 0 saturated heterocycles. The number of carbonyl (C=O) groups excluding carboxylic acids is 2. The molecule has 0 radical (unpaired) electrons. The maximum atomic E-state index is 11.3. The molecular weight excluding hydrogens is 340 g/mol. The molecule has 0 aromatic heterocycles. The summed E-state index contributed by atoms with van der Waals surface area (Å²) in [5.41, 5.74) is 0.508. The molecule has 1 aromatic carbocycles. The Bertz CT molecular complexity index is 393. The molecule has 0 fully saturated rings. The maximum Gasteiger partial charge on any atom is 0.311 e. The van der Waals surface area contributed by atoms with Gasteiger partial charge in [-0.05, 0) is 50.4 Å². The number of benzene rings is 1. The highest BCUT2D eigenvalue weighted by Crippen LogP contribution is 2.34. The van der Waals surface area contributed by atoms with E-state index in [1.165, 1.54) is 0 Å². The van der Waals surface area contributed by atoms with E-state index in [1.54, 1.807) is 12.1 Å². The Morgan fingerprint density at radius 3 is 2.38 bits per heavy atom. The number of carbonyl (C=O) groups is 2. The topological polar surface area (TPSA) is 43.4 Å². The van der Waals surface area contributed by atoms with Gasteiger partial charge < -0.3 is 4.74 Å². The van der Waals surface area contributed by atoms with Gasteiger partial charge in [-0.3, -0.25) is 9.59 Å². The van der Waals surface area contributed by atoms with Crippen molar-refractivity contribution in [3.05, 3.63) is 26.6 Å². The normalized spacial score (nSPS) is 9.94. The monoisotopic (exact) mass is 348 g/mol. The Hall–Kier alpha value is -0.680. The number of aldehydes is 1. The Balaban J connectivity index is 2.96. The smallest absolute Gasteiger partial charge is 0.311 e. The van der Waals surface area contributed by atoms with Crippen LogP contribution in [0.25, 0.3) is 0 Å². The average molecular weight is 350 g/mol. The van der Waals surface area contributed by atoms with E-state index in [0.29, 0.717) is 26.7 Å². The summed E-state index contributed by atoms with van der Waals surface area (Å²) < 4.78 is 6.32. The highest BCUT2D eigenvalue weighted by atomic mass is 79.9. The van der Waals surface area contributed by atoms with E-state index in [0.717, 1.165) is 12.7 Å². The van der Waals surface area contributed by atoms with Crippen molar-refractivity contribution in [1.29, 1.82) is 0 Å². The number of hydrogen-bond acceptors (Lipinski definition) is 3. The minimum absolute atomic E-state index is 0.289. The molecule has 0 aliphatic rings. The molecular formula is C11H10Br2O3. The number of rotatable bonds is 4. The zero-order valence-electron chi connectivity index (χ0n) is 8.63. The zero-order valence-corrected chi connectivity index (χ0v) is 11.8. The van der Waals surface area contributed by atoms with Crippen LogP contribution >= 0.6 is 31.9 Å². The van der Waals surface area contributed by atoms with E-state index < -0.39 is 0 Å². The predicted molar refractivity (Wildman–Crippen MR) is 67.8 cm³/mol. The summed E-state index contributed by atoms with van der Waals surface area (Å²) in [5.74, 6) is 0.117. The molecule has 0 spiro atoms. The van der Waals surface area contributed by atoms with Crippen LogP contribution < -0.4 is 4.74 Å². The first-order valence-corrected chi connectivity index (χ1v) is 6.32. The quantitative estimate of drug-likeness (QED) is 0.472. The van der Waals surface area contributed by atoms with Gasteiger partial charge in [-0.1, -0.05) is 6.92 Å². The highest BCUT2D eigenvalue weighted by molar-refractivity contribution is 9.11. The number of hydrogen-bond donors (Lipinski definition) is 0. The van der Waals surface area contributed by atoms with E-state index in [1.807, 2.05) is 6.92 Å². The van der Waals surface area contributed by atoms with Gasteiger partial charge in [-0.2, -0.15) is 0 Å². The first-order valence-electron chi connectivity index (χ1n) is 4.73. The number of halogens is 2. The molecule has 0 atom stereocenters. The van der Waals surface area contributed by atoms with Gasteiger partial charge in [0, 0.05) is 12.0 Å². The van der Waals surface area contributed by atoms with E-state index in [4.69, 9.17) is 4.74 Å². The van der Waals surface area contributed by atoms with Crippen molar-refractivity contribution in [2.45, 2.75) is 19.8 Å². The third-order valence-corrected chi connectivity index (χ3v) is 3.00. The Morgan fingerprint density at radius 1 is 1.38 bits per heavy atom. The third kappa shape index (κ3) is 3.42. The molecule has 0 bridgehead atoms. The summed E-state index contributed by atoms with van der Waals surface area (Å²) in [6.07, 6.45) is 1.84. The highest BCUT2D eigenvalue weighted by Gasteiger charge is 2.12. The van der Waals surface area contributed by atoms with Crippen LogP contribution in [0.3, 0.4) is 0 Å². The van der Waals surface area contributed by atoms with Crippen LogP contribution in [0.4, 0.5) is 0 Å². The second-order valence-electron chi connectivity index (χ2n) is 3.16. The molecule has 0 unspecified atom stereocenters. The molecule has 0 amide bonds. The molecule has 86 valence electrons. The fraction of sp³-hybridized carbons (Fsp3) is 0.273. The van der Waals surface area contributed by atoms with Crippen molar-refractivity contribution >= 4 is 44.1 Å². The van der Waals surface area contributed by atoms with Gasteiger partial charge in [-0.15, -0.1) is 0 Å². The summed E-state index contributed by atoms with van der Waals surface area (Å²) in [6.45, 7) is 1.90. The second-order valence-corrected chi connectivity index (χ2v) is 4.86. The maximum absolute atomic E-state index is 11.3. The molecule has 16 heavy (non-hydrogen) atoms. The molecule has 0 N–H and O–H groups in total. The third-order valence-electron chi connectivity index (χ3n) is 1.83. The summed E-state index contributed by atoms with van der Waals surface area (Å²) >= 11 is 6.50. The first kappa shape index (κ1) is 13.4. The van der Waals surface area contributed by atoms with Gasteiger partial charge in [0.1, 0.15) is 6.29 Å². The van der Waals surface area contributed by atoms with Crippen LogP contribution in [0.1, 0.15) is 30.1 Å². The average Bonchev–Trinajstić information content (AvgIpc) is 2.23. The van der Waals surface area contributed by atoms with Gasteiger partial charge in [0.15, 0.2) is 5.75 Å². The first-order chi connectivity index (χ1) is 7.58. The summed E-state index contributed by atoms with van der Waals surface area (Å²) in [4.78, 5) is 21.9. The predicted octanol–water partition coefficient (Wildman–Crippen LogP) is 3.73. The Labute approximate surface area is 110 Å². The number of ether oxygens (including phenoxy) is 1. The summed E-state index contributed by atoms with van der Waals surface area (Å²) in [7, 11) is 0. The van der Waals surface area contributed by atoms with Gasteiger partial charge in [0.05, 0.1) is 8.95 Å². The number of esters is 1. The Morgan fingerprint density at radius 2 is 1.94 bits per heavy atom. The molecule has 0 aliphatic heterocycles. The molecule has 0 heterocycles. The van der Waals surface area contributed by atoms with Crippen molar-refractivity contribution in [3.63, 3.8) is 0 Å². The lowest BCUT2D eigenvalue weighted by molar-refractivity contribution is -0.134. The van der Waals surface area contributed by atoms with Crippen LogP contribution in [0.5, 0.6) is 5.75 Å². The van der Waals surface area contributed by atoms with Gasteiger partial charge >= 0.3 is 5.97 Å². The zero-order chi connectivity index (χ0) is 12.1. The molecule has 5 heteroatoms. The van der Waals surface area contributed by atoms with E-state index in [9.17, 15) is 9.59 Å². The van der Waals surface area contributed by atoms with Crippen molar-refractivity contribution in [1.82, 2.24) is 0 Å². The molecule has 1 aromatic rings. The SMILES string of the molecule is CCCC(=O)Oc1c(Br)cc(C=O)cc1Br. The summed E-state index contributed by atoms with van der Waals surface area (Å²) in [6, 6.07) is 3.21. The fourth-order valence-electron chi connectivity index (χ4n) is 1.11. The van der Waals surface area contributed by atoms with Crippen LogP contribution in [0.15, 0.2) is 21.1 Å². The lowest BCUT2D eigenvalue weighted by Gasteiger charge is -2.08. The summed E-state index contributed by atoms with van der Waals surface area (Å²) in [5, 5.41) is 0. The lowest BCUT2D eigenvalue weighted by Crippen LogP contribution is -2.08. The van der Waals surface area contributed by atoms with Crippen molar-refractivity contribution < 1.29 is 14.3 Å². The van der Waals surface area contributed by atoms with Crippen LogP contribution in [0, 0.1) is 0 Å². The minimum atomic E-state index is -0.289. The molecule has 1 rings (SSSR count). The van der Waals surface area contributed by atoms with Gasteiger partial charge in [-0.25, -0.2) is 0 Å². The standard InChI is InChI=1S/C11H10Br2O3/c1-2-3-10(15)16-11-8(12)4-7(6-14)5-9(11)13/h4-6H,2-3H2,1H3. The van der Waals surface area contributed by atoms with E-state index >= 15 is 0 Å². The molecule has 0 aliphatic carbocycles. The van der Waals surface area contributed by atoms with Crippen molar-refractivity contribution in [2.75, 3.05) is 0 Å². The second kappa shape index (κ2) is 6.15. The van der Waals surface area contributed by atoms with Crippen molar-refractivity contribution in [3.8, 4) is 5.75 Å². The largest absolute Gasteiger partial charge is 0.424 e. The van der Waals surface area contributed by atoms with Gasteiger partial charge in [0.2, 0.25) is 0 Å². The van der Waals surface area contributed by atoms with Crippen LogP contribution in [-0.2, 0) is 4.79 Å². The van der Waals surface area contributed by atoms with Crippen LogP contribution in [-0.4, -0.2) is 12.3 Å². The van der Waals surface area contributed by atoms with Gasteiger partial charge in [0.25, 0.3) is 0 Å². The Kier molecular flexibility index (Phi) is 5.15. The minimum Gasteiger partial charge on any atom is -0.424 e. The van der Waals surface area contributed by atoms with Crippen LogP contribution in [0.2, 0.25) is 0 Å². The van der Waals surface area contributed by atoms with Crippen molar-refractivity contribution in [2.24, 2.45) is 0 Å². The lowest BCUT2D eigenvalue weighted by atomic mass is 10.2. The molecule has 0 saturated carbocycles. The van der Waals surface area contributed by atoms with E-state index in [-0.39, 0.29) is 5.97 Å². The van der Waals surface area contributed by atoms with E-state index in [2.05, 4.69) is 31.9 Å². The molecule has 3 nitrogen and oxygen atoms in total. The fourth-order valence-corrected chi connectivity index (χ4v) is 2.50.